The first-order valence-corrected chi connectivity index (χ1v) is 7.43. The van der Waals surface area contributed by atoms with Crippen LogP contribution in [0.25, 0.3) is 11.4 Å². The summed E-state index contributed by atoms with van der Waals surface area (Å²) in [6.07, 6.45) is 0. The third-order valence-electron chi connectivity index (χ3n) is 3.48. The fourth-order valence-corrected chi connectivity index (χ4v) is 2.19. The van der Waals surface area contributed by atoms with Crippen molar-refractivity contribution >= 4 is 11.5 Å². The Morgan fingerprint density at radius 1 is 1.24 bits per heavy atom. The average Bonchev–Trinajstić information content (AvgIpc) is 3.09. The van der Waals surface area contributed by atoms with Crippen molar-refractivity contribution in [2.24, 2.45) is 0 Å². The number of carbonyl (C=O) groups is 1. The normalized spacial score (nSPS) is 10.4. The van der Waals surface area contributed by atoms with Gasteiger partial charge >= 0.3 is 0 Å². The van der Waals surface area contributed by atoms with Crippen LogP contribution in [0, 0.1) is 10.1 Å². The Labute approximate surface area is 142 Å². The smallest absolute Gasteiger partial charge is 0.270 e. The number of hydrogen-bond acceptors (Lipinski definition) is 6. The van der Waals surface area contributed by atoms with Crippen LogP contribution in [0.15, 0.2) is 48.5 Å². The van der Waals surface area contributed by atoms with E-state index in [4.69, 9.17) is 4.74 Å². The molecule has 0 radical (unpaired) electrons. The molecule has 1 aromatic heterocycles. The van der Waals surface area contributed by atoms with E-state index in [-0.39, 0.29) is 18.1 Å². The molecule has 0 saturated carbocycles. The van der Waals surface area contributed by atoms with E-state index in [0.29, 0.717) is 28.5 Å². The van der Waals surface area contributed by atoms with Crippen molar-refractivity contribution in [3.8, 4) is 17.1 Å². The van der Waals surface area contributed by atoms with Gasteiger partial charge in [0.25, 0.3) is 5.69 Å². The van der Waals surface area contributed by atoms with Crippen LogP contribution in [-0.2, 0) is 6.61 Å². The molecule has 2 aromatic carbocycles. The van der Waals surface area contributed by atoms with Crippen LogP contribution in [0.4, 0.5) is 5.69 Å². The molecular weight excluding hydrogens is 324 g/mol. The number of Topliss-reactive ketones (excluding diaryl/α,β-unsaturated/α-hetero) is 1. The van der Waals surface area contributed by atoms with Gasteiger partial charge in [-0.25, -0.2) is 4.98 Å². The van der Waals surface area contributed by atoms with Crippen molar-refractivity contribution in [2.75, 3.05) is 0 Å². The number of H-pyrrole nitrogens is 1. The van der Waals surface area contributed by atoms with Gasteiger partial charge in [-0.15, -0.1) is 0 Å². The summed E-state index contributed by atoms with van der Waals surface area (Å²) in [5, 5.41) is 17.6. The van der Waals surface area contributed by atoms with Crippen molar-refractivity contribution in [3.63, 3.8) is 0 Å². The minimum atomic E-state index is -0.467. The Balaban J connectivity index is 1.68. The van der Waals surface area contributed by atoms with E-state index in [0.717, 1.165) is 0 Å². The van der Waals surface area contributed by atoms with Crippen molar-refractivity contribution < 1.29 is 14.5 Å². The number of nitro benzene ring substituents is 1. The highest BCUT2D eigenvalue weighted by Gasteiger charge is 2.11. The molecule has 0 unspecified atom stereocenters. The Morgan fingerprint density at radius 2 is 2.00 bits per heavy atom. The second-order valence-electron chi connectivity index (χ2n) is 5.28. The fraction of sp³-hybridized carbons (Fsp3) is 0.118. The number of aromatic nitrogens is 3. The molecule has 3 rings (SSSR count). The molecule has 0 bridgehead atoms. The number of hydrogen-bond donors (Lipinski definition) is 1. The zero-order valence-electron chi connectivity index (χ0n) is 13.3. The minimum Gasteiger partial charge on any atom is -0.486 e. The number of nitrogens with zero attached hydrogens (tertiary/aromatic N) is 3. The Bertz CT molecular complexity index is 918. The van der Waals surface area contributed by atoms with Gasteiger partial charge in [0.1, 0.15) is 12.4 Å². The van der Waals surface area contributed by atoms with E-state index in [9.17, 15) is 14.9 Å². The largest absolute Gasteiger partial charge is 0.486 e. The Hall–Kier alpha value is -3.55. The lowest BCUT2D eigenvalue weighted by Crippen LogP contribution is -1.98. The molecule has 0 amide bonds. The van der Waals surface area contributed by atoms with Crippen LogP contribution in [0.5, 0.6) is 5.75 Å². The molecule has 0 aliphatic rings. The van der Waals surface area contributed by atoms with Gasteiger partial charge in [0.05, 0.1) is 4.92 Å². The molecular formula is C17H14N4O4. The summed E-state index contributed by atoms with van der Waals surface area (Å²) >= 11 is 0. The van der Waals surface area contributed by atoms with Crippen molar-refractivity contribution in [3.05, 3.63) is 70.0 Å². The van der Waals surface area contributed by atoms with Crippen molar-refractivity contribution in [1.82, 2.24) is 15.2 Å². The van der Waals surface area contributed by atoms with E-state index in [1.165, 1.54) is 19.1 Å². The minimum absolute atomic E-state index is 0.0108. The van der Waals surface area contributed by atoms with Gasteiger partial charge in [-0.2, -0.15) is 5.10 Å². The maximum Gasteiger partial charge on any atom is 0.270 e. The second-order valence-corrected chi connectivity index (χ2v) is 5.28. The second kappa shape index (κ2) is 6.91. The van der Waals surface area contributed by atoms with E-state index >= 15 is 0 Å². The lowest BCUT2D eigenvalue weighted by molar-refractivity contribution is -0.384. The standard InChI is InChI=1S/C17H14N4O4/c1-11(22)12-5-7-15(8-6-12)25-10-16-18-17(20-19-16)13-3-2-4-14(9-13)21(23)24/h2-9H,10H2,1H3,(H,18,19,20). The molecule has 0 aliphatic carbocycles. The van der Waals surface area contributed by atoms with Crippen LogP contribution in [0.3, 0.4) is 0 Å². The number of nitro groups is 1. The molecule has 8 heteroatoms. The van der Waals surface area contributed by atoms with E-state index in [1.807, 2.05) is 0 Å². The summed E-state index contributed by atoms with van der Waals surface area (Å²) in [6, 6.07) is 12.9. The topological polar surface area (TPSA) is 111 Å². The third kappa shape index (κ3) is 3.86. The van der Waals surface area contributed by atoms with Gasteiger partial charge in [-0.1, -0.05) is 12.1 Å². The molecule has 0 fully saturated rings. The molecule has 0 aliphatic heterocycles. The third-order valence-corrected chi connectivity index (χ3v) is 3.48. The lowest BCUT2D eigenvalue weighted by Gasteiger charge is -2.04. The summed E-state index contributed by atoms with van der Waals surface area (Å²) < 4.78 is 5.58. The Kier molecular flexibility index (Phi) is 4.51. The molecule has 126 valence electrons. The van der Waals surface area contributed by atoms with Gasteiger partial charge in [-0.3, -0.25) is 20.0 Å². The van der Waals surface area contributed by atoms with Crippen LogP contribution in [0.2, 0.25) is 0 Å². The highest BCUT2D eigenvalue weighted by molar-refractivity contribution is 5.94. The van der Waals surface area contributed by atoms with Gasteiger partial charge < -0.3 is 4.74 Å². The quantitative estimate of drug-likeness (QED) is 0.420. The van der Waals surface area contributed by atoms with Crippen LogP contribution in [-0.4, -0.2) is 25.9 Å². The zero-order valence-corrected chi connectivity index (χ0v) is 13.3. The lowest BCUT2D eigenvalue weighted by atomic mass is 10.1. The first kappa shape index (κ1) is 16.3. The maximum atomic E-state index is 11.2. The predicted molar refractivity (Wildman–Crippen MR) is 89.3 cm³/mol. The summed E-state index contributed by atoms with van der Waals surface area (Å²) in [4.78, 5) is 25.9. The summed E-state index contributed by atoms with van der Waals surface area (Å²) in [6.45, 7) is 1.65. The highest BCUT2D eigenvalue weighted by atomic mass is 16.6. The van der Waals surface area contributed by atoms with E-state index in [1.54, 1.807) is 36.4 Å². The number of benzene rings is 2. The monoisotopic (exact) mass is 338 g/mol. The van der Waals surface area contributed by atoms with E-state index in [2.05, 4.69) is 15.2 Å². The van der Waals surface area contributed by atoms with E-state index < -0.39 is 4.92 Å². The van der Waals surface area contributed by atoms with Gasteiger partial charge in [-0.05, 0) is 31.2 Å². The number of carbonyl (C=O) groups excluding carboxylic acids is 1. The molecule has 1 heterocycles. The van der Waals surface area contributed by atoms with Crippen molar-refractivity contribution in [1.29, 1.82) is 0 Å². The van der Waals surface area contributed by atoms with Gasteiger partial charge in [0, 0.05) is 23.3 Å². The fourth-order valence-electron chi connectivity index (χ4n) is 2.19. The summed E-state index contributed by atoms with van der Waals surface area (Å²) in [5.74, 6) is 1.42. The summed E-state index contributed by atoms with van der Waals surface area (Å²) in [5.41, 5.74) is 1.13. The molecule has 3 aromatic rings. The molecule has 0 atom stereocenters. The van der Waals surface area contributed by atoms with Crippen LogP contribution >= 0.6 is 0 Å². The number of nitrogens with one attached hydrogen (secondary N) is 1. The Morgan fingerprint density at radius 3 is 2.68 bits per heavy atom. The first-order valence-electron chi connectivity index (χ1n) is 7.43. The molecule has 8 nitrogen and oxygen atoms in total. The number of aromatic amines is 1. The predicted octanol–water partition coefficient (Wildman–Crippen LogP) is 3.16. The average molecular weight is 338 g/mol. The summed E-state index contributed by atoms with van der Waals surface area (Å²) in [7, 11) is 0. The van der Waals surface area contributed by atoms with Gasteiger partial charge in [0.2, 0.25) is 0 Å². The van der Waals surface area contributed by atoms with Crippen LogP contribution in [0.1, 0.15) is 23.1 Å². The molecule has 0 spiro atoms. The SMILES string of the molecule is CC(=O)c1ccc(OCc2nc(-c3cccc([N+](=O)[O-])c3)n[nH]2)cc1. The molecule has 25 heavy (non-hydrogen) atoms. The number of non-ortho nitro benzene ring substituents is 1. The van der Waals surface area contributed by atoms with Gasteiger partial charge in [0.15, 0.2) is 17.4 Å². The number of ketones is 1. The van der Waals surface area contributed by atoms with Crippen LogP contribution < -0.4 is 4.74 Å². The highest BCUT2D eigenvalue weighted by Crippen LogP contribution is 2.21. The van der Waals surface area contributed by atoms with Crippen molar-refractivity contribution in [2.45, 2.75) is 13.5 Å². The number of rotatable bonds is 6. The first-order chi connectivity index (χ1) is 12.0. The number of ether oxygens (including phenoxy) is 1. The zero-order chi connectivity index (χ0) is 17.8. The molecule has 0 saturated heterocycles. The molecule has 1 N–H and O–H groups in total. The maximum absolute atomic E-state index is 11.2.